The van der Waals surface area contributed by atoms with E-state index in [9.17, 15) is 5.48 Å². The highest BCUT2D eigenvalue weighted by Gasteiger charge is 2.22. The van der Waals surface area contributed by atoms with Crippen LogP contribution in [0.15, 0.2) is 229 Å². The van der Waals surface area contributed by atoms with Gasteiger partial charge in [-0.05, 0) is 104 Å². The fourth-order valence-electron chi connectivity index (χ4n) is 8.25. The molecule has 58 heavy (non-hydrogen) atoms. The van der Waals surface area contributed by atoms with Gasteiger partial charge < -0.3 is 9.32 Å². The van der Waals surface area contributed by atoms with E-state index in [1.165, 1.54) is 5.39 Å². The molecule has 0 atom stereocenters. The number of hydrogen-bond donors (Lipinski definition) is 0. The average molecular weight is 744 g/mol. The first kappa shape index (κ1) is 29.6. The minimum absolute atomic E-state index is 0.113. The van der Waals surface area contributed by atoms with Crippen LogP contribution in [-0.4, -0.2) is 0 Å². The maximum Gasteiger partial charge on any atom is 0.143 e. The lowest BCUT2D eigenvalue weighted by molar-refractivity contribution is 0.673. The lowest BCUT2D eigenvalue weighted by Gasteiger charge is -2.28. The first-order chi connectivity index (χ1) is 30.4. The van der Waals surface area contributed by atoms with Gasteiger partial charge in [0.2, 0.25) is 0 Å². The van der Waals surface area contributed by atoms with Crippen molar-refractivity contribution in [2.24, 2.45) is 0 Å². The smallest absolute Gasteiger partial charge is 0.143 e. The maximum atomic E-state index is 9.73. The summed E-state index contributed by atoms with van der Waals surface area (Å²) in [5.74, 6) is 0. The molecule has 0 aliphatic rings. The van der Waals surface area contributed by atoms with Gasteiger partial charge in [0.15, 0.2) is 0 Å². The molecule has 0 spiro atoms. The highest BCUT2D eigenvalue weighted by molar-refractivity contribution is 6.22. The zero-order valence-electron chi connectivity index (χ0n) is 35.4. The molecule has 0 amide bonds. The van der Waals surface area contributed by atoms with Gasteiger partial charge in [0.05, 0.1) is 11.2 Å². The Labute approximate surface area is 343 Å². The molecule has 0 N–H and O–H groups in total. The maximum absolute atomic E-state index is 9.73. The molecule has 2 nitrogen and oxygen atoms in total. The third-order valence-corrected chi connectivity index (χ3v) is 11.1. The summed E-state index contributed by atoms with van der Waals surface area (Å²) in [4.78, 5) is 1.89. The van der Waals surface area contributed by atoms with Crippen LogP contribution in [0.2, 0.25) is 0 Å². The first-order valence-corrected chi connectivity index (χ1v) is 19.5. The molecular formula is C56H37NO. The standard InChI is InChI=1S/C56H37NO/c1-2-12-38(13-3-1)40-22-24-41(25-23-40)42-28-32-47(33-29-42)57(48-34-30-43(31-35-48)45-27-26-39-14-4-5-15-44(39)36-45)53-20-10-8-18-50(53)52-37-46-16-6-7-17-49(46)56-55(52)51-19-9-11-21-54(51)58-56/h1-37H/i28D,29D,32D,33D. The van der Waals surface area contributed by atoms with Crippen molar-refractivity contribution in [2.45, 2.75) is 0 Å². The van der Waals surface area contributed by atoms with E-state index in [1.54, 1.807) is 0 Å². The second kappa shape index (κ2) is 14.1. The summed E-state index contributed by atoms with van der Waals surface area (Å²) < 4.78 is 45.1. The van der Waals surface area contributed by atoms with Crippen LogP contribution >= 0.6 is 0 Å². The summed E-state index contributed by atoms with van der Waals surface area (Å²) in [6.07, 6.45) is 0. The Kier molecular flexibility index (Phi) is 7.20. The number of rotatable bonds is 7. The van der Waals surface area contributed by atoms with Crippen LogP contribution in [0.25, 0.3) is 88.0 Å². The number of anilines is 3. The van der Waals surface area contributed by atoms with E-state index in [2.05, 4.69) is 72.8 Å². The number of benzene rings is 10. The molecule has 272 valence electrons. The molecule has 0 saturated heterocycles. The van der Waals surface area contributed by atoms with Crippen LogP contribution in [0.4, 0.5) is 17.1 Å². The largest absolute Gasteiger partial charge is 0.455 e. The van der Waals surface area contributed by atoms with Crippen molar-refractivity contribution < 1.29 is 9.90 Å². The Bertz CT molecular complexity index is 3480. The zero-order chi connectivity index (χ0) is 41.9. The second-order valence-corrected chi connectivity index (χ2v) is 14.6. The molecule has 0 saturated carbocycles. The van der Waals surface area contributed by atoms with Gasteiger partial charge in [-0.25, -0.2) is 0 Å². The molecule has 10 aromatic carbocycles. The second-order valence-electron chi connectivity index (χ2n) is 14.6. The molecule has 11 aromatic rings. The Morgan fingerprint density at radius 2 is 0.931 bits per heavy atom. The molecule has 0 bridgehead atoms. The SMILES string of the molecule is [2H]c1c([2H])c(N(c2ccc(-c3ccc4ccccc4c3)cc2)c2ccccc2-c2cc3ccccc3c3oc4ccccc4c23)c([2H])c([2H])c1-c1ccc(-c2ccccc2)cc1. The van der Waals surface area contributed by atoms with Gasteiger partial charge in [0, 0.05) is 33.1 Å². The number of furan rings is 1. The molecule has 2 heteroatoms. The van der Waals surface area contributed by atoms with E-state index >= 15 is 0 Å². The Balaban J connectivity index is 1.13. The molecule has 0 radical (unpaired) electrons. The van der Waals surface area contributed by atoms with Gasteiger partial charge in [-0.1, -0.05) is 176 Å². The van der Waals surface area contributed by atoms with Crippen LogP contribution in [-0.2, 0) is 0 Å². The quantitative estimate of drug-likeness (QED) is 0.162. The Hall–Kier alpha value is -7.68. The fraction of sp³-hybridized carbons (Fsp3) is 0. The Morgan fingerprint density at radius 3 is 1.72 bits per heavy atom. The highest BCUT2D eigenvalue weighted by atomic mass is 16.3. The molecule has 1 aromatic heterocycles. The van der Waals surface area contributed by atoms with Crippen molar-refractivity contribution in [3.63, 3.8) is 0 Å². The van der Waals surface area contributed by atoms with E-state index in [4.69, 9.17) is 4.42 Å². The average Bonchev–Trinajstić information content (AvgIpc) is 3.73. The highest BCUT2D eigenvalue weighted by Crippen LogP contribution is 2.47. The predicted octanol–water partition coefficient (Wildman–Crippen LogP) is 16.0. The van der Waals surface area contributed by atoms with Crippen LogP contribution in [0.3, 0.4) is 0 Å². The van der Waals surface area contributed by atoms with E-state index < -0.39 is 0 Å². The fourth-order valence-corrected chi connectivity index (χ4v) is 8.25. The van der Waals surface area contributed by atoms with Crippen molar-refractivity contribution in [3.8, 4) is 44.5 Å². The summed E-state index contributed by atoms with van der Waals surface area (Å²) in [5.41, 5.74) is 9.92. The van der Waals surface area contributed by atoms with Crippen molar-refractivity contribution in [1.82, 2.24) is 0 Å². The van der Waals surface area contributed by atoms with Gasteiger partial charge in [-0.2, -0.15) is 0 Å². The Morgan fingerprint density at radius 1 is 0.362 bits per heavy atom. The van der Waals surface area contributed by atoms with E-state index in [-0.39, 0.29) is 35.4 Å². The first-order valence-electron chi connectivity index (χ1n) is 21.5. The summed E-state index contributed by atoms with van der Waals surface area (Å²) >= 11 is 0. The lowest BCUT2D eigenvalue weighted by Crippen LogP contribution is -2.11. The van der Waals surface area contributed by atoms with E-state index in [0.29, 0.717) is 16.9 Å². The molecule has 1 heterocycles. The van der Waals surface area contributed by atoms with Gasteiger partial charge in [0.1, 0.15) is 11.2 Å². The van der Waals surface area contributed by atoms with Crippen LogP contribution in [0.1, 0.15) is 5.48 Å². The van der Waals surface area contributed by atoms with Crippen molar-refractivity contribution in [2.75, 3.05) is 4.90 Å². The monoisotopic (exact) mass is 743 g/mol. The summed E-state index contributed by atoms with van der Waals surface area (Å²) in [5, 5.41) is 6.29. The minimum Gasteiger partial charge on any atom is -0.455 e. The topological polar surface area (TPSA) is 16.4 Å². The number of nitrogens with zero attached hydrogens (tertiary/aromatic N) is 1. The third-order valence-electron chi connectivity index (χ3n) is 11.1. The zero-order valence-corrected chi connectivity index (χ0v) is 31.4. The lowest BCUT2D eigenvalue weighted by atomic mass is 9.93. The van der Waals surface area contributed by atoms with Crippen molar-refractivity contribution >= 4 is 60.5 Å². The number of fused-ring (bicyclic) bond motifs is 6. The normalized spacial score (nSPS) is 12.4. The molecule has 0 aliphatic carbocycles. The molecule has 11 rings (SSSR count). The van der Waals surface area contributed by atoms with Gasteiger partial charge in [-0.15, -0.1) is 0 Å². The van der Waals surface area contributed by atoms with Crippen LogP contribution in [0, 0.1) is 0 Å². The number of hydrogen-bond acceptors (Lipinski definition) is 2. The number of para-hydroxylation sites is 2. The van der Waals surface area contributed by atoms with Gasteiger partial charge in [-0.3, -0.25) is 0 Å². The van der Waals surface area contributed by atoms with Crippen molar-refractivity contribution in [3.05, 3.63) is 224 Å². The third kappa shape index (κ3) is 5.91. The summed E-state index contributed by atoms with van der Waals surface area (Å²) in [6.45, 7) is 0. The molecular weight excluding hydrogens is 703 g/mol. The van der Waals surface area contributed by atoms with Crippen molar-refractivity contribution in [1.29, 1.82) is 0 Å². The predicted molar refractivity (Wildman–Crippen MR) is 245 cm³/mol. The molecule has 0 aliphatic heterocycles. The van der Waals surface area contributed by atoms with Gasteiger partial charge in [0.25, 0.3) is 0 Å². The molecule has 0 fully saturated rings. The van der Waals surface area contributed by atoms with E-state index in [0.717, 1.165) is 71.5 Å². The summed E-state index contributed by atoms with van der Waals surface area (Å²) in [7, 11) is 0. The van der Waals surface area contributed by atoms with E-state index in [1.807, 2.05) is 132 Å². The van der Waals surface area contributed by atoms with Crippen LogP contribution < -0.4 is 4.90 Å². The van der Waals surface area contributed by atoms with Gasteiger partial charge >= 0.3 is 0 Å². The minimum atomic E-state index is -0.140. The summed E-state index contributed by atoms with van der Waals surface area (Å²) in [6, 6.07) is 66.6. The van der Waals surface area contributed by atoms with Crippen LogP contribution in [0.5, 0.6) is 0 Å². The molecule has 0 unspecified atom stereocenters.